The maximum absolute atomic E-state index is 13.0. The van der Waals surface area contributed by atoms with Crippen LogP contribution in [0.5, 0.6) is 0 Å². The number of benzene rings is 1. The van der Waals surface area contributed by atoms with Gasteiger partial charge in [-0.2, -0.15) is 0 Å². The summed E-state index contributed by atoms with van der Waals surface area (Å²) in [5.41, 5.74) is 7.52. The van der Waals surface area contributed by atoms with Crippen molar-refractivity contribution in [2.24, 2.45) is 0 Å². The van der Waals surface area contributed by atoms with E-state index < -0.39 is 0 Å². The largest absolute Gasteiger partial charge is 0.393 e. The van der Waals surface area contributed by atoms with E-state index in [4.69, 9.17) is 5.73 Å². The monoisotopic (exact) mass is 301 g/mol. The molecule has 0 aliphatic carbocycles. The number of halogens is 1. The Morgan fingerprint density at radius 2 is 2.00 bits per heavy atom. The lowest BCUT2D eigenvalue weighted by molar-refractivity contribution is 0.481. The fourth-order valence-electron chi connectivity index (χ4n) is 2.80. The van der Waals surface area contributed by atoms with E-state index in [0.29, 0.717) is 17.5 Å². The van der Waals surface area contributed by atoms with Crippen LogP contribution in [0.1, 0.15) is 26.2 Å². The summed E-state index contributed by atoms with van der Waals surface area (Å²) in [5, 5.41) is 3.12. The normalized spacial score (nSPS) is 18.3. The summed E-state index contributed by atoms with van der Waals surface area (Å²) in [4.78, 5) is 10.8. The quantitative estimate of drug-likeness (QED) is 0.910. The maximum Gasteiger partial charge on any atom is 0.159 e. The first-order valence-corrected chi connectivity index (χ1v) is 7.55. The van der Waals surface area contributed by atoms with Crippen LogP contribution in [-0.4, -0.2) is 22.6 Å². The van der Waals surface area contributed by atoms with E-state index in [1.54, 1.807) is 12.1 Å². The summed E-state index contributed by atoms with van der Waals surface area (Å²) in [6.45, 7) is 3.14. The Labute approximate surface area is 129 Å². The van der Waals surface area contributed by atoms with Gasteiger partial charge in [0.15, 0.2) is 11.6 Å². The van der Waals surface area contributed by atoms with Gasteiger partial charge in [0, 0.05) is 18.3 Å². The molecule has 0 bridgehead atoms. The van der Waals surface area contributed by atoms with E-state index in [9.17, 15) is 4.39 Å². The number of anilines is 4. The van der Waals surface area contributed by atoms with Gasteiger partial charge in [-0.25, -0.2) is 14.4 Å². The Kier molecular flexibility index (Phi) is 4.09. The van der Waals surface area contributed by atoms with E-state index in [2.05, 4.69) is 27.1 Å². The van der Waals surface area contributed by atoms with Crippen molar-refractivity contribution >= 4 is 23.0 Å². The predicted octanol–water partition coefficient (Wildman–Crippen LogP) is 3.32. The highest BCUT2D eigenvalue weighted by Crippen LogP contribution is 2.32. The summed E-state index contributed by atoms with van der Waals surface area (Å²) in [5.74, 6) is 1.05. The third kappa shape index (κ3) is 2.95. The van der Waals surface area contributed by atoms with Crippen LogP contribution in [0.2, 0.25) is 0 Å². The molecular formula is C16H20FN5. The van der Waals surface area contributed by atoms with Crippen molar-refractivity contribution in [3.8, 4) is 0 Å². The number of hydrogen-bond acceptors (Lipinski definition) is 5. The second-order valence-electron chi connectivity index (χ2n) is 5.63. The molecule has 1 atom stereocenters. The number of aromatic nitrogens is 2. The molecule has 116 valence electrons. The maximum atomic E-state index is 13.0. The molecule has 2 heterocycles. The second kappa shape index (κ2) is 6.17. The lowest BCUT2D eigenvalue weighted by atomic mass is 10.0. The molecule has 0 spiro atoms. The topological polar surface area (TPSA) is 67.1 Å². The van der Waals surface area contributed by atoms with Crippen LogP contribution in [0, 0.1) is 5.82 Å². The van der Waals surface area contributed by atoms with Crippen LogP contribution in [0.25, 0.3) is 0 Å². The molecule has 1 aromatic heterocycles. The molecule has 1 unspecified atom stereocenters. The molecule has 0 amide bonds. The van der Waals surface area contributed by atoms with Gasteiger partial charge < -0.3 is 16.0 Å². The molecule has 6 heteroatoms. The third-order valence-electron chi connectivity index (χ3n) is 4.04. The molecule has 0 radical (unpaired) electrons. The predicted molar refractivity (Wildman–Crippen MR) is 86.8 cm³/mol. The second-order valence-corrected chi connectivity index (χ2v) is 5.63. The van der Waals surface area contributed by atoms with Gasteiger partial charge in [-0.15, -0.1) is 0 Å². The molecule has 5 nitrogen and oxygen atoms in total. The highest BCUT2D eigenvalue weighted by atomic mass is 19.1. The SMILES string of the molecule is CC1CCCCN1c1ncnc(Nc2ccc(F)cc2)c1N. The van der Waals surface area contributed by atoms with Crippen molar-refractivity contribution in [3.05, 3.63) is 36.4 Å². The fraction of sp³-hybridized carbons (Fsp3) is 0.375. The number of rotatable bonds is 3. The lowest BCUT2D eigenvalue weighted by Crippen LogP contribution is -2.38. The van der Waals surface area contributed by atoms with E-state index >= 15 is 0 Å². The summed E-state index contributed by atoms with van der Waals surface area (Å²) in [6.07, 6.45) is 5.04. The Bertz CT molecular complexity index is 643. The summed E-state index contributed by atoms with van der Waals surface area (Å²) < 4.78 is 13.0. The van der Waals surface area contributed by atoms with Gasteiger partial charge in [-0.1, -0.05) is 0 Å². The van der Waals surface area contributed by atoms with E-state index in [-0.39, 0.29) is 5.82 Å². The molecule has 2 aromatic rings. The Morgan fingerprint density at radius 3 is 2.73 bits per heavy atom. The third-order valence-corrected chi connectivity index (χ3v) is 4.04. The van der Waals surface area contributed by atoms with Crippen LogP contribution < -0.4 is 16.0 Å². The Balaban J connectivity index is 1.86. The standard InChI is InChI=1S/C16H20FN5/c1-11-4-2-3-9-22(11)16-14(18)15(19-10-20-16)21-13-7-5-12(17)6-8-13/h5-8,10-11H,2-4,9,18H2,1H3,(H,19,20,21). The van der Waals surface area contributed by atoms with Gasteiger partial charge in [0.1, 0.15) is 17.8 Å². The number of nitrogens with zero attached hydrogens (tertiary/aromatic N) is 3. The molecule has 1 fully saturated rings. The number of piperidine rings is 1. The first kappa shape index (κ1) is 14.6. The molecule has 1 aliphatic heterocycles. The summed E-state index contributed by atoms with van der Waals surface area (Å²) in [7, 11) is 0. The highest BCUT2D eigenvalue weighted by Gasteiger charge is 2.23. The van der Waals surface area contributed by atoms with Crippen LogP contribution >= 0.6 is 0 Å². The van der Waals surface area contributed by atoms with Crippen LogP contribution in [0.3, 0.4) is 0 Å². The van der Waals surface area contributed by atoms with Gasteiger partial charge in [-0.05, 0) is 50.5 Å². The minimum absolute atomic E-state index is 0.274. The van der Waals surface area contributed by atoms with Crippen molar-refractivity contribution in [2.75, 3.05) is 22.5 Å². The van der Waals surface area contributed by atoms with Gasteiger partial charge in [0.2, 0.25) is 0 Å². The van der Waals surface area contributed by atoms with Crippen molar-refractivity contribution in [2.45, 2.75) is 32.2 Å². The fourth-order valence-corrected chi connectivity index (χ4v) is 2.80. The first-order chi connectivity index (χ1) is 10.6. The highest BCUT2D eigenvalue weighted by molar-refractivity contribution is 5.78. The van der Waals surface area contributed by atoms with Crippen molar-refractivity contribution in [1.29, 1.82) is 0 Å². The molecular weight excluding hydrogens is 281 g/mol. The zero-order valence-electron chi connectivity index (χ0n) is 12.6. The molecule has 1 saturated heterocycles. The number of nitrogens with two attached hydrogens (primary N) is 1. The van der Waals surface area contributed by atoms with Crippen molar-refractivity contribution in [1.82, 2.24) is 9.97 Å². The van der Waals surface area contributed by atoms with Gasteiger partial charge in [0.25, 0.3) is 0 Å². The zero-order valence-corrected chi connectivity index (χ0v) is 12.6. The molecule has 1 aliphatic rings. The van der Waals surface area contributed by atoms with Gasteiger partial charge in [0.05, 0.1) is 0 Å². The molecule has 3 rings (SSSR count). The average Bonchev–Trinajstić information content (AvgIpc) is 2.52. The zero-order chi connectivity index (χ0) is 15.5. The van der Waals surface area contributed by atoms with Crippen LogP contribution in [-0.2, 0) is 0 Å². The Morgan fingerprint density at radius 1 is 1.23 bits per heavy atom. The average molecular weight is 301 g/mol. The van der Waals surface area contributed by atoms with E-state index in [1.165, 1.54) is 24.9 Å². The number of nitrogen functional groups attached to an aromatic ring is 1. The number of hydrogen-bond donors (Lipinski definition) is 2. The van der Waals surface area contributed by atoms with Gasteiger partial charge >= 0.3 is 0 Å². The van der Waals surface area contributed by atoms with Crippen molar-refractivity contribution in [3.63, 3.8) is 0 Å². The minimum Gasteiger partial charge on any atom is -0.393 e. The van der Waals surface area contributed by atoms with Crippen LogP contribution in [0.15, 0.2) is 30.6 Å². The van der Waals surface area contributed by atoms with Gasteiger partial charge in [-0.3, -0.25) is 0 Å². The smallest absolute Gasteiger partial charge is 0.159 e. The van der Waals surface area contributed by atoms with Crippen molar-refractivity contribution < 1.29 is 4.39 Å². The lowest BCUT2D eigenvalue weighted by Gasteiger charge is -2.35. The molecule has 1 aromatic carbocycles. The van der Waals surface area contributed by atoms with E-state index in [1.807, 2.05) is 0 Å². The summed E-state index contributed by atoms with van der Waals surface area (Å²) in [6, 6.07) is 6.52. The van der Waals surface area contributed by atoms with E-state index in [0.717, 1.165) is 30.9 Å². The van der Waals surface area contributed by atoms with Crippen LogP contribution in [0.4, 0.5) is 27.4 Å². The molecule has 3 N–H and O–H groups in total. The Hall–Kier alpha value is -2.37. The molecule has 22 heavy (non-hydrogen) atoms. The summed E-state index contributed by atoms with van der Waals surface area (Å²) >= 11 is 0. The first-order valence-electron chi connectivity index (χ1n) is 7.55. The number of nitrogens with one attached hydrogen (secondary N) is 1. The minimum atomic E-state index is -0.274. The molecule has 0 saturated carbocycles.